The second kappa shape index (κ2) is 5.90. The number of aromatic nitrogens is 1. The van der Waals surface area contributed by atoms with Gasteiger partial charge in [-0.05, 0) is 30.5 Å². The van der Waals surface area contributed by atoms with E-state index in [9.17, 15) is 8.42 Å². The molecule has 1 aliphatic rings. The topological polar surface area (TPSA) is 50.3 Å². The monoisotopic (exact) mass is 316 g/mol. The van der Waals surface area contributed by atoms with Gasteiger partial charge in [0.05, 0.1) is 11.5 Å². The van der Waals surface area contributed by atoms with Crippen molar-refractivity contribution in [3.63, 3.8) is 0 Å². The summed E-state index contributed by atoms with van der Waals surface area (Å²) in [6, 6.07) is 3.94. The molecule has 0 amide bonds. The highest BCUT2D eigenvalue weighted by Crippen LogP contribution is 2.25. The van der Waals surface area contributed by atoms with Gasteiger partial charge in [0.15, 0.2) is 9.84 Å². The van der Waals surface area contributed by atoms with Crippen molar-refractivity contribution < 1.29 is 8.42 Å². The molecule has 1 aliphatic heterocycles. The van der Waals surface area contributed by atoms with Crippen molar-refractivity contribution in [1.82, 2.24) is 4.98 Å². The first-order valence-corrected chi connectivity index (χ1v) is 9.22. The van der Waals surface area contributed by atoms with E-state index in [1.807, 2.05) is 19.1 Å². The van der Waals surface area contributed by atoms with Crippen molar-refractivity contribution in [3.8, 4) is 0 Å². The minimum Gasteiger partial charge on any atom is -0.352 e. The van der Waals surface area contributed by atoms with Crippen molar-refractivity contribution in [2.75, 3.05) is 23.0 Å². The number of sulfone groups is 1. The van der Waals surface area contributed by atoms with Gasteiger partial charge in [-0.3, -0.25) is 0 Å². The zero-order chi connectivity index (χ0) is 14.9. The SMILES string of the molecule is CC(C)c1cc(CCl)cc(N2CCS(=O)(=O)CC2C)n1. The maximum atomic E-state index is 11.7. The van der Waals surface area contributed by atoms with Gasteiger partial charge in [0.25, 0.3) is 0 Å². The van der Waals surface area contributed by atoms with Gasteiger partial charge in [-0.1, -0.05) is 13.8 Å². The number of anilines is 1. The van der Waals surface area contributed by atoms with Gasteiger partial charge in [-0.25, -0.2) is 13.4 Å². The van der Waals surface area contributed by atoms with Crippen LogP contribution in [0.15, 0.2) is 12.1 Å². The predicted molar refractivity (Wildman–Crippen MR) is 83.3 cm³/mol. The molecule has 2 rings (SSSR count). The predicted octanol–water partition coefficient (Wildman–Crippen LogP) is 2.57. The third-order valence-corrected chi connectivity index (χ3v) is 5.71. The van der Waals surface area contributed by atoms with E-state index in [4.69, 9.17) is 11.6 Å². The molecule has 1 atom stereocenters. The lowest BCUT2D eigenvalue weighted by atomic mass is 10.1. The third kappa shape index (κ3) is 3.44. The van der Waals surface area contributed by atoms with Crippen molar-refractivity contribution in [3.05, 3.63) is 23.4 Å². The molecule has 0 radical (unpaired) electrons. The third-order valence-electron chi connectivity index (χ3n) is 3.60. The van der Waals surface area contributed by atoms with E-state index in [2.05, 4.69) is 23.7 Å². The molecule has 1 aromatic rings. The van der Waals surface area contributed by atoms with Crippen LogP contribution in [-0.4, -0.2) is 37.5 Å². The maximum Gasteiger partial charge on any atom is 0.154 e. The Balaban J connectivity index is 2.35. The number of rotatable bonds is 3. The van der Waals surface area contributed by atoms with E-state index in [-0.39, 0.29) is 17.5 Å². The van der Waals surface area contributed by atoms with Gasteiger partial charge in [-0.2, -0.15) is 0 Å². The summed E-state index contributed by atoms with van der Waals surface area (Å²) in [5.41, 5.74) is 2.03. The van der Waals surface area contributed by atoms with Gasteiger partial charge in [0.1, 0.15) is 5.82 Å². The lowest BCUT2D eigenvalue weighted by Crippen LogP contribution is -2.47. The highest BCUT2D eigenvalue weighted by Gasteiger charge is 2.29. The Bertz CT molecular complexity index is 587. The van der Waals surface area contributed by atoms with Crippen LogP contribution in [0.2, 0.25) is 0 Å². The molecule has 2 heterocycles. The van der Waals surface area contributed by atoms with Crippen LogP contribution in [0.25, 0.3) is 0 Å². The van der Waals surface area contributed by atoms with E-state index >= 15 is 0 Å². The van der Waals surface area contributed by atoms with Crippen molar-refractivity contribution in [2.24, 2.45) is 0 Å². The van der Waals surface area contributed by atoms with Crippen LogP contribution in [-0.2, 0) is 15.7 Å². The number of nitrogens with zero attached hydrogens (tertiary/aromatic N) is 2. The Labute approximate surface area is 126 Å². The molecule has 0 bridgehead atoms. The second-order valence-corrected chi connectivity index (χ2v) is 8.20. The highest BCUT2D eigenvalue weighted by atomic mass is 35.5. The first-order valence-electron chi connectivity index (χ1n) is 6.86. The second-order valence-electron chi connectivity index (χ2n) is 5.70. The minimum atomic E-state index is -2.91. The zero-order valence-corrected chi connectivity index (χ0v) is 13.7. The summed E-state index contributed by atoms with van der Waals surface area (Å²) in [7, 11) is -2.91. The molecule has 0 spiro atoms. The fourth-order valence-electron chi connectivity index (χ4n) is 2.45. The quantitative estimate of drug-likeness (QED) is 0.804. The van der Waals surface area contributed by atoms with E-state index in [1.165, 1.54) is 0 Å². The molecule has 1 aromatic heterocycles. The first-order chi connectivity index (χ1) is 9.32. The van der Waals surface area contributed by atoms with Gasteiger partial charge in [0, 0.05) is 24.2 Å². The summed E-state index contributed by atoms with van der Waals surface area (Å²) in [6.45, 7) is 6.61. The fraction of sp³-hybridized carbons (Fsp3) is 0.643. The van der Waals surface area contributed by atoms with Gasteiger partial charge >= 0.3 is 0 Å². The Morgan fingerprint density at radius 3 is 2.70 bits per heavy atom. The van der Waals surface area contributed by atoms with E-state index in [0.717, 1.165) is 17.1 Å². The highest BCUT2D eigenvalue weighted by molar-refractivity contribution is 7.91. The molecule has 0 aromatic carbocycles. The summed E-state index contributed by atoms with van der Waals surface area (Å²) in [5, 5.41) is 0. The molecule has 1 saturated heterocycles. The van der Waals surface area contributed by atoms with Crippen LogP contribution in [0.4, 0.5) is 5.82 Å². The molecule has 0 saturated carbocycles. The van der Waals surface area contributed by atoms with Crippen LogP contribution in [0, 0.1) is 0 Å². The molecule has 20 heavy (non-hydrogen) atoms. The normalized spacial score (nSPS) is 22.2. The number of pyridine rings is 1. The maximum absolute atomic E-state index is 11.7. The zero-order valence-electron chi connectivity index (χ0n) is 12.1. The van der Waals surface area contributed by atoms with Crippen LogP contribution in [0.1, 0.15) is 37.9 Å². The largest absolute Gasteiger partial charge is 0.352 e. The summed E-state index contributed by atoms with van der Waals surface area (Å²) in [4.78, 5) is 6.75. The van der Waals surface area contributed by atoms with Crippen molar-refractivity contribution >= 4 is 27.3 Å². The number of alkyl halides is 1. The summed E-state index contributed by atoms with van der Waals surface area (Å²) >= 11 is 5.95. The summed E-state index contributed by atoms with van der Waals surface area (Å²) in [6.07, 6.45) is 0. The molecule has 4 nitrogen and oxygen atoms in total. The molecule has 0 N–H and O–H groups in total. The van der Waals surface area contributed by atoms with E-state index in [0.29, 0.717) is 18.3 Å². The van der Waals surface area contributed by atoms with Gasteiger partial charge in [-0.15, -0.1) is 11.6 Å². The average molecular weight is 317 g/mol. The van der Waals surface area contributed by atoms with Crippen molar-refractivity contribution in [2.45, 2.75) is 38.6 Å². The first kappa shape index (κ1) is 15.6. The van der Waals surface area contributed by atoms with E-state index < -0.39 is 9.84 Å². The molecular formula is C14H21ClN2O2S. The van der Waals surface area contributed by atoms with Crippen LogP contribution >= 0.6 is 11.6 Å². The Kier molecular flexibility index (Phi) is 4.59. The molecule has 1 fully saturated rings. The lowest BCUT2D eigenvalue weighted by molar-refractivity contribution is 0.566. The number of hydrogen-bond donors (Lipinski definition) is 0. The standard InChI is InChI=1S/C14H21ClN2O2S/c1-10(2)13-6-12(8-15)7-14(16-13)17-4-5-20(18,19)9-11(17)3/h6-7,10-11H,4-5,8-9H2,1-3H3. The molecule has 1 unspecified atom stereocenters. The van der Waals surface area contributed by atoms with Gasteiger partial charge < -0.3 is 4.90 Å². The smallest absolute Gasteiger partial charge is 0.154 e. The Morgan fingerprint density at radius 1 is 1.45 bits per heavy atom. The Morgan fingerprint density at radius 2 is 2.15 bits per heavy atom. The van der Waals surface area contributed by atoms with Crippen LogP contribution < -0.4 is 4.90 Å². The number of halogens is 1. The molecule has 6 heteroatoms. The van der Waals surface area contributed by atoms with Crippen molar-refractivity contribution in [1.29, 1.82) is 0 Å². The fourth-order valence-corrected chi connectivity index (χ4v) is 4.16. The van der Waals surface area contributed by atoms with Crippen LogP contribution in [0.3, 0.4) is 0 Å². The molecule has 0 aliphatic carbocycles. The summed E-state index contributed by atoms with van der Waals surface area (Å²) < 4.78 is 23.3. The average Bonchev–Trinajstić information content (AvgIpc) is 2.37. The van der Waals surface area contributed by atoms with Crippen LogP contribution in [0.5, 0.6) is 0 Å². The molecular weight excluding hydrogens is 296 g/mol. The lowest BCUT2D eigenvalue weighted by Gasteiger charge is -2.34. The Hall–Kier alpha value is -0.810. The van der Waals surface area contributed by atoms with E-state index in [1.54, 1.807) is 0 Å². The minimum absolute atomic E-state index is 0.0492. The van der Waals surface area contributed by atoms with Gasteiger partial charge in [0.2, 0.25) is 0 Å². The molecule has 112 valence electrons. The number of hydrogen-bond acceptors (Lipinski definition) is 4. The summed E-state index contributed by atoms with van der Waals surface area (Å²) in [5.74, 6) is 1.99.